The number of benzene rings is 1. The fourth-order valence-electron chi connectivity index (χ4n) is 2.84. The highest BCUT2D eigenvalue weighted by Crippen LogP contribution is 2.14. The number of amides is 1. The molecule has 1 N–H and O–H groups in total. The van der Waals surface area contributed by atoms with Crippen LogP contribution in [-0.4, -0.2) is 35.7 Å². The van der Waals surface area contributed by atoms with E-state index in [9.17, 15) is 4.79 Å². The van der Waals surface area contributed by atoms with Crippen LogP contribution in [0.2, 0.25) is 0 Å². The number of hydrogen-bond donors (Lipinski definition) is 1. The molecule has 0 unspecified atom stereocenters. The van der Waals surface area contributed by atoms with Gasteiger partial charge in [0.15, 0.2) is 5.82 Å². The number of nitrogens with zero attached hydrogens (tertiary/aromatic N) is 6. The average Bonchev–Trinajstić information content (AvgIpc) is 3.16. The van der Waals surface area contributed by atoms with E-state index in [1.165, 1.54) is 4.80 Å². The quantitative estimate of drug-likeness (QED) is 0.765. The van der Waals surface area contributed by atoms with E-state index in [1.54, 1.807) is 0 Å². The van der Waals surface area contributed by atoms with Gasteiger partial charge in [0.25, 0.3) is 0 Å². The Balaban J connectivity index is 1.39. The summed E-state index contributed by atoms with van der Waals surface area (Å²) in [5.41, 5.74) is 1.57. The molecule has 23 heavy (non-hydrogen) atoms. The van der Waals surface area contributed by atoms with Crippen molar-refractivity contribution in [2.24, 2.45) is 0 Å². The van der Waals surface area contributed by atoms with Gasteiger partial charge in [-0.25, -0.2) is 0 Å². The van der Waals surface area contributed by atoms with Crippen molar-refractivity contribution in [3.63, 3.8) is 0 Å². The van der Waals surface area contributed by atoms with Crippen LogP contribution in [0, 0.1) is 0 Å². The summed E-state index contributed by atoms with van der Waals surface area (Å²) in [5.74, 6) is 1.69. The lowest BCUT2D eigenvalue weighted by Gasteiger charge is -2.14. The number of carbonyl (C=O) groups is 1. The molecule has 3 aromatic rings. The molecule has 0 bridgehead atoms. The molecule has 1 amide bonds. The van der Waals surface area contributed by atoms with Gasteiger partial charge in [0, 0.05) is 13.0 Å². The molecule has 0 fully saturated rings. The lowest BCUT2D eigenvalue weighted by molar-refractivity contribution is -0.122. The Hall–Kier alpha value is -2.77. The molecule has 4 rings (SSSR count). The summed E-state index contributed by atoms with van der Waals surface area (Å²) in [6.07, 6.45) is 3.25. The van der Waals surface area contributed by atoms with Gasteiger partial charge in [-0.2, -0.15) is 15.0 Å². The summed E-state index contributed by atoms with van der Waals surface area (Å²) in [6.45, 7) is 1.40. The first kappa shape index (κ1) is 13.9. The lowest BCUT2D eigenvalue weighted by atomic mass is 10.2. The predicted octanol–water partition coefficient (Wildman–Crippen LogP) is 0.675. The summed E-state index contributed by atoms with van der Waals surface area (Å²) < 4.78 is 2.10. The normalized spacial score (nSPS) is 13.9. The van der Waals surface area contributed by atoms with E-state index < -0.39 is 0 Å². The van der Waals surface area contributed by atoms with Crippen LogP contribution >= 0.6 is 0 Å². The first-order valence-electron chi connectivity index (χ1n) is 7.77. The van der Waals surface area contributed by atoms with Gasteiger partial charge < -0.3 is 9.88 Å². The van der Waals surface area contributed by atoms with E-state index in [-0.39, 0.29) is 12.5 Å². The van der Waals surface area contributed by atoms with Gasteiger partial charge in [-0.1, -0.05) is 12.1 Å². The predicted molar refractivity (Wildman–Crippen MR) is 82.3 cm³/mol. The highest BCUT2D eigenvalue weighted by Gasteiger charge is 2.16. The molecule has 0 saturated heterocycles. The number of aryl methyl sites for hydroxylation is 1. The van der Waals surface area contributed by atoms with Gasteiger partial charge in [-0.05, 0) is 25.0 Å². The second kappa shape index (κ2) is 5.79. The van der Waals surface area contributed by atoms with Crippen molar-refractivity contribution in [2.45, 2.75) is 38.9 Å². The maximum atomic E-state index is 12.1. The fourth-order valence-corrected chi connectivity index (χ4v) is 2.84. The van der Waals surface area contributed by atoms with Crippen molar-refractivity contribution >= 4 is 16.9 Å². The Bertz CT molecular complexity index is 818. The largest absolute Gasteiger partial charge is 0.347 e. The fraction of sp³-hybridized carbons (Fsp3) is 0.400. The van der Waals surface area contributed by atoms with Crippen molar-refractivity contribution in [2.75, 3.05) is 0 Å². The lowest BCUT2D eigenvalue weighted by Crippen LogP contribution is -2.29. The number of carbonyl (C=O) groups excluding carboxylic acids is 1. The van der Waals surface area contributed by atoms with E-state index in [2.05, 4.69) is 30.3 Å². The van der Waals surface area contributed by atoms with Crippen molar-refractivity contribution in [1.82, 2.24) is 35.1 Å². The number of hydrogen-bond acceptors (Lipinski definition) is 5. The van der Waals surface area contributed by atoms with Crippen LogP contribution in [0.15, 0.2) is 24.3 Å². The van der Waals surface area contributed by atoms with Crippen molar-refractivity contribution in [3.05, 3.63) is 35.9 Å². The van der Waals surface area contributed by atoms with Crippen LogP contribution in [-0.2, 0) is 30.8 Å². The second-order valence-corrected chi connectivity index (χ2v) is 5.64. The first-order chi connectivity index (χ1) is 11.3. The highest BCUT2D eigenvalue weighted by molar-refractivity contribution is 5.76. The van der Waals surface area contributed by atoms with Gasteiger partial charge in [-0.15, -0.1) is 10.2 Å². The minimum absolute atomic E-state index is 0.0929. The molecule has 1 aliphatic heterocycles. The Morgan fingerprint density at radius 1 is 1.13 bits per heavy atom. The Morgan fingerprint density at radius 2 is 1.91 bits per heavy atom. The standard InChI is InChI=1S/C15H17N7O/c23-15(10-22-19-11-5-1-2-6-12(11)20-22)16-9-14-18-17-13-7-3-4-8-21(13)14/h1-2,5-6H,3-4,7-10H2,(H,16,23). The van der Waals surface area contributed by atoms with Crippen molar-refractivity contribution < 1.29 is 4.79 Å². The van der Waals surface area contributed by atoms with Crippen LogP contribution in [0.25, 0.3) is 11.0 Å². The molecule has 1 aliphatic rings. The average molecular weight is 311 g/mol. The first-order valence-corrected chi connectivity index (χ1v) is 7.77. The number of rotatable bonds is 4. The SMILES string of the molecule is O=C(Cn1nc2ccccc2n1)NCc1nnc2n1CCCC2. The zero-order valence-corrected chi connectivity index (χ0v) is 12.6. The number of aromatic nitrogens is 6. The zero-order valence-electron chi connectivity index (χ0n) is 12.6. The molecule has 0 saturated carbocycles. The van der Waals surface area contributed by atoms with Gasteiger partial charge in [-0.3, -0.25) is 4.79 Å². The summed E-state index contributed by atoms with van der Waals surface area (Å²) in [4.78, 5) is 13.5. The van der Waals surface area contributed by atoms with E-state index in [0.29, 0.717) is 6.54 Å². The van der Waals surface area contributed by atoms with E-state index in [0.717, 1.165) is 48.5 Å². The Kier molecular flexibility index (Phi) is 3.49. The summed E-state index contributed by atoms with van der Waals surface area (Å²) in [5, 5.41) is 19.8. The monoisotopic (exact) mass is 311 g/mol. The summed E-state index contributed by atoms with van der Waals surface area (Å²) in [6, 6.07) is 7.55. The maximum Gasteiger partial charge on any atom is 0.243 e. The zero-order chi connectivity index (χ0) is 15.6. The number of nitrogens with one attached hydrogen (secondary N) is 1. The molecule has 118 valence electrons. The molecule has 8 nitrogen and oxygen atoms in total. The van der Waals surface area contributed by atoms with Gasteiger partial charge in [0.1, 0.15) is 23.4 Å². The molecule has 8 heteroatoms. The van der Waals surface area contributed by atoms with E-state index in [4.69, 9.17) is 0 Å². The topological polar surface area (TPSA) is 90.5 Å². The Labute approximate surface area is 132 Å². The molecule has 0 spiro atoms. The maximum absolute atomic E-state index is 12.1. The summed E-state index contributed by atoms with van der Waals surface area (Å²) >= 11 is 0. The Morgan fingerprint density at radius 3 is 2.70 bits per heavy atom. The molecular weight excluding hydrogens is 294 g/mol. The smallest absolute Gasteiger partial charge is 0.243 e. The third-order valence-corrected chi connectivity index (χ3v) is 3.99. The molecule has 2 aromatic heterocycles. The molecule has 1 aromatic carbocycles. The van der Waals surface area contributed by atoms with Crippen LogP contribution < -0.4 is 5.32 Å². The second-order valence-electron chi connectivity index (χ2n) is 5.64. The third kappa shape index (κ3) is 2.79. The van der Waals surface area contributed by atoms with Crippen molar-refractivity contribution in [1.29, 1.82) is 0 Å². The van der Waals surface area contributed by atoms with Crippen LogP contribution in [0.3, 0.4) is 0 Å². The minimum Gasteiger partial charge on any atom is -0.347 e. The van der Waals surface area contributed by atoms with E-state index in [1.807, 2.05) is 24.3 Å². The van der Waals surface area contributed by atoms with Gasteiger partial charge in [0.2, 0.25) is 5.91 Å². The highest BCUT2D eigenvalue weighted by atomic mass is 16.2. The molecule has 3 heterocycles. The molecule has 0 radical (unpaired) electrons. The summed E-state index contributed by atoms with van der Waals surface area (Å²) in [7, 11) is 0. The molecule has 0 atom stereocenters. The third-order valence-electron chi connectivity index (χ3n) is 3.99. The van der Waals surface area contributed by atoms with Crippen LogP contribution in [0.4, 0.5) is 0 Å². The molecule has 0 aliphatic carbocycles. The van der Waals surface area contributed by atoms with Crippen LogP contribution in [0.5, 0.6) is 0 Å². The molecular formula is C15H17N7O. The number of fused-ring (bicyclic) bond motifs is 2. The van der Waals surface area contributed by atoms with Crippen molar-refractivity contribution in [3.8, 4) is 0 Å². The van der Waals surface area contributed by atoms with Gasteiger partial charge >= 0.3 is 0 Å². The van der Waals surface area contributed by atoms with E-state index >= 15 is 0 Å². The minimum atomic E-state index is -0.140. The van der Waals surface area contributed by atoms with Crippen LogP contribution in [0.1, 0.15) is 24.5 Å². The van der Waals surface area contributed by atoms with Gasteiger partial charge in [0.05, 0.1) is 6.54 Å².